The van der Waals surface area contributed by atoms with Gasteiger partial charge in [0.2, 0.25) is 0 Å². The van der Waals surface area contributed by atoms with Crippen LogP contribution >= 0.6 is 0 Å². The van der Waals surface area contributed by atoms with Crippen LogP contribution in [0, 0.1) is 0 Å². The second-order valence-corrected chi connectivity index (χ2v) is 4.11. The number of nitrogens with zero attached hydrogens (tertiary/aromatic N) is 1. The molecule has 2 aromatic rings. The zero-order valence-electron chi connectivity index (χ0n) is 10.3. The number of carbonyl (C=O) groups is 1. The Morgan fingerprint density at radius 3 is 2.88 bits per heavy atom. The summed E-state index contributed by atoms with van der Waals surface area (Å²) in [5.41, 5.74) is 1.15. The zero-order valence-corrected chi connectivity index (χ0v) is 10.3. The molecule has 0 spiro atoms. The zero-order chi connectivity index (χ0) is 12.3. The Labute approximate surface area is 101 Å². The number of rotatable bonds is 5. The van der Waals surface area contributed by atoms with E-state index in [2.05, 4.69) is 10.6 Å². The molecule has 0 aliphatic carbocycles. The van der Waals surface area contributed by atoms with Gasteiger partial charge in [-0.15, -0.1) is 0 Å². The van der Waals surface area contributed by atoms with Gasteiger partial charge in [0.1, 0.15) is 11.5 Å². The summed E-state index contributed by atoms with van der Waals surface area (Å²) in [6.45, 7) is 5.02. The fourth-order valence-corrected chi connectivity index (χ4v) is 1.91. The van der Waals surface area contributed by atoms with E-state index in [-0.39, 0.29) is 5.78 Å². The maximum absolute atomic E-state index is 11.0. The molecule has 0 saturated carbocycles. The number of fused-ring (bicyclic) bond motifs is 1. The van der Waals surface area contributed by atoms with Crippen LogP contribution < -0.4 is 4.74 Å². The SMILES string of the molecule is CCOc1ccc2c(ccn2CCC(C)=O)c1. The summed E-state index contributed by atoms with van der Waals surface area (Å²) in [7, 11) is 0. The first kappa shape index (κ1) is 11.7. The maximum atomic E-state index is 11.0. The monoisotopic (exact) mass is 231 g/mol. The summed E-state index contributed by atoms with van der Waals surface area (Å²) in [6, 6.07) is 8.09. The number of aromatic nitrogens is 1. The predicted octanol–water partition coefficient (Wildman–Crippen LogP) is 3.02. The van der Waals surface area contributed by atoms with Crippen molar-refractivity contribution in [3.63, 3.8) is 0 Å². The van der Waals surface area contributed by atoms with Crippen LogP contribution in [0.15, 0.2) is 30.5 Å². The summed E-state index contributed by atoms with van der Waals surface area (Å²) in [5.74, 6) is 1.11. The molecule has 0 aliphatic rings. The second-order valence-electron chi connectivity index (χ2n) is 4.11. The highest BCUT2D eigenvalue weighted by molar-refractivity contribution is 5.82. The van der Waals surface area contributed by atoms with Crippen molar-refractivity contribution in [3.8, 4) is 5.75 Å². The van der Waals surface area contributed by atoms with Crippen LogP contribution in [0.1, 0.15) is 20.3 Å². The number of ketones is 1. The number of hydrogen-bond acceptors (Lipinski definition) is 2. The lowest BCUT2D eigenvalue weighted by Crippen LogP contribution is -2.01. The Balaban J connectivity index is 2.25. The highest BCUT2D eigenvalue weighted by atomic mass is 16.5. The second kappa shape index (κ2) is 5.04. The van der Waals surface area contributed by atoms with Gasteiger partial charge in [-0.2, -0.15) is 0 Å². The highest BCUT2D eigenvalue weighted by Gasteiger charge is 2.03. The van der Waals surface area contributed by atoms with Crippen LogP contribution in [0.2, 0.25) is 0 Å². The molecule has 3 heteroatoms. The average Bonchev–Trinajstić information content (AvgIpc) is 2.69. The molecule has 0 atom stereocenters. The fourth-order valence-electron chi connectivity index (χ4n) is 1.91. The standard InChI is InChI=1S/C14H17NO2/c1-3-17-13-4-5-14-12(10-13)7-9-15(14)8-6-11(2)16/h4-5,7,9-10H,3,6,8H2,1-2H3. The molecule has 3 nitrogen and oxygen atoms in total. The van der Waals surface area contributed by atoms with Crippen LogP contribution in [0.5, 0.6) is 5.75 Å². The number of benzene rings is 1. The van der Waals surface area contributed by atoms with Gasteiger partial charge >= 0.3 is 0 Å². The summed E-state index contributed by atoms with van der Waals surface area (Å²) < 4.78 is 7.56. The van der Waals surface area contributed by atoms with Gasteiger partial charge in [-0.25, -0.2) is 0 Å². The molecule has 0 fully saturated rings. The van der Waals surface area contributed by atoms with E-state index in [1.807, 2.05) is 31.3 Å². The molecular weight excluding hydrogens is 214 g/mol. The lowest BCUT2D eigenvalue weighted by atomic mass is 10.2. The highest BCUT2D eigenvalue weighted by Crippen LogP contribution is 2.22. The van der Waals surface area contributed by atoms with Crippen molar-refractivity contribution >= 4 is 16.7 Å². The summed E-state index contributed by atoms with van der Waals surface area (Å²) in [4.78, 5) is 11.0. The van der Waals surface area contributed by atoms with Crippen molar-refractivity contribution in [1.82, 2.24) is 4.57 Å². The van der Waals surface area contributed by atoms with Crippen molar-refractivity contribution in [3.05, 3.63) is 30.5 Å². The van der Waals surface area contributed by atoms with Crippen LogP contribution in [-0.2, 0) is 11.3 Å². The van der Waals surface area contributed by atoms with Gasteiger partial charge in [0.15, 0.2) is 0 Å². The lowest BCUT2D eigenvalue weighted by Gasteiger charge is -2.05. The topological polar surface area (TPSA) is 31.2 Å². The van der Waals surface area contributed by atoms with Crippen LogP contribution in [0.4, 0.5) is 0 Å². The van der Waals surface area contributed by atoms with Gasteiger partial charge < -0.3 is 9.30 Å². The van der Waals surface area contributed by atoms with Gasteiger partial charge in [0.25, 0.3) is 0 Å². The van der Waals surface area contributed by atoms with Gasteiger partial charge in [0.05, 0.1) is 6.61 Å². The van der Waals surface area contributed by atoms with E-state index < -0.39 is 0 Å². The summed E-state index contributed by atoms with van der Waals surface area (Å²) >= 11 is 0. The number of aryl methyl sites for hydroxylation is 1. The fraction of sp³-hybridized carbons (Fsp3) is 0.357. The Kier molecular flexibility index (Phi) is 3.47. The van der Waals surface area contributed by atoms with Gasteiger partial charge in [-0.1, -0.05) is 0 Å². The van der Waals surface area contributed by atoms with Crippen molar-refractivity contribution < 1.29 is 9.53 Å². The van der Waals surface area contributed by atoms with E-state index >= 15 is 0 Å². The molecule has 17 heavy (non-hydrogen) atoms. The molecule has 1 aromatic carbocycles. The number of carbonyl (C=O) groups excluding carboxylic acids is 1. The first-order chi connectivity index (χ1) is 8.20. The average molecular weight is 231 g/mol. The molecule has 0 amide bonds. The predicted molar refractivity (Wildman–Crippen MR) is 68.4 cm³/mol. The molecule has 0 bridgehead atoms. The molecule has 90 valence electrons. The van der Waals surface area contributed by atoms with Gasteiger partial charge in [-0.3, -0.25) is 4.79 Å². The number of hydrogen-bond donors (Lipinski definition) is 0. The minimum atomic E-state index is 0.220. The van der Waals surface area contributed by atoms with E-state index in [1.54, 1.807) is 6.92 Å². The van der Waals surface area contributed by atoms with Crippen molar-refractivity contribution in [2.24, 2.45) is 0 Å². The Hall–Kier alpha value is -1.77. The molecule has 1 heterocycles. The first-order valence-corrected chi connectivity index (χ1v) is 5.92. The number of ether oxygens (including phenoxy) is 1. The van der Waals surface area contributed by atoms with E-state index in [9.17, 15) is 4.79 Å². The van der Waals surface area contributed by atoms with E-state index in [1.165, 1.54) is 0 Å². The van der Waals surface area contributed by atoms with Crippen LogP contribution in [0.25, 0.3) is 10.9 Å². The third-order valence-corrected chi connectivity index (χ3v) is 2.76. The molecule has 0 aliphatic heterocycles. The maximum Gasteiger partial charge on any atom is 0.131 e. The van der Waals surface area contributed by atoms with E-state index in [4.69, 9.17) is 4.74 Å². The lowest BCUT2D eigenvalue weighted by molar-refractivity contribution is -0.117. The molecule has 0 unspecified atom stereocenters. The van der Waals surface area contributed by atoms with Gasteiger partial charge in [0, 0.05) is 30.1 Å². The Morgan fingerprint density at radius 2 is 2.18 bits per heavy atom. The molecule has 2 rings (SSSR count). The molecule has 0 radical (unpaired) electrons. The molecular formula is C14H17NO2. The molecule has 0 N–H and O–H groups in total. The van der Waals surface area contributed by atoms with Crippen molar-refractivity contribution in [1.29, 1.82) is 0 Å². The normalized spacial score (nSPS) is 10.7. The number of Topliss-reactive ketones (excluding diaryl/α,β-unsaturated/α-hetero) is 1. The van der Waals surface area contributed by atoms with Crippen LogP contribution in [-0.4, -0.2) is 17.0 Å². The van der Waals surface area contributed by atoms with E-state index in [0.29, 0.717) is 13.0 Å². The van der Waals surface area contributed by atoms with Gasteiger partial charge in [-0.05, 0) is 38.1 Å². The van der Waals surface area contributed by atoms with E-state index in [0.717, 1.165) is 23.2 Å². The van der Waals surface area contributed by atoms with Crippen LogP contribution in [0.3, 0.4) is 0 Å². The van der Waals surface area contributed by atoms with Crippen molar-refractivity contribution in [2.75, 3.05) is 6.61 Å². The molecule has 1 aromatic heterocycles. The third kappa shape index (κ3) is 2.67. The third-order valence-electron chi connectivity index (χ3n) is 2.76. The molecule has 0 saturated heterocycles. The quantitative estimate of drug-likeness (QED) is 0.792. The summed E-state index contributed by atoms with van der Waals surface area (Å²) in [6.07, 6.45) is 2.60. The Bertz CT molecular complexity index is 528. The summed E-state index contributed by atoms with van der Waals surface area (Å²) in [5, 5.41) is 1.15. The first-order valence-electron chi connectivity index (χ1n) is 5.92. The van der Waals surface area contributed by atoms with Crippen molar-refractivity contribution in [2.45, 2.75) is 26.8 Å². The smallest absolute Gasteiger partial charge is 0.131 e. The Morgan fingerprint density at radius 1 is 1.35 bits per heavy atom. The largest absolute Gasteiger partial charge is 0.494 e. The minimum Gasteiger partial charge on any atom is -0.494 e. The minimum absolute atomic E-state index is 0.220.